The van der Waals surface area contributed by atoms with E-state index in [2.05, 4.69) is 10.4 Å². The molecule has 0 fully saturated rings. The molecule has 1 atom stereocenters. The lowest BCUT2D eigenvalue weighted by Gasteiger charge is -2.14. The highest BCUT2D eigenvalue weighted by molar-refractivity contribution is 7.19. The molecule has 0 bridgehead atoms. The van der Waals surface area contributed by atoms with Crippen LogP contribution < -0.4 is 11.3 Å². The van der Waals surface area contributed by atoms with Crippen molar-refractivity contribution in [2.75, 3.05) is 0 Å². The number of aryl methyl sites for hydroxylation is 1. The normalized spacial score (nSPS) is 12.8. The Morgan fingerprint density at radius 1 is 1.25 bits per heavy atom. The third kappa shape index (κ3) is 2.43. The molecule has 0 aliphatic carbocycles. The molecule has 0 saturated heterocycles. The first-order valence-corrected chi connectivity index (χ1v) is 7.06. The molecule has 0 spiro atoms. The number of fused-ring (bicyclic) bond motifs is 1. The fourth-order valence-corrected chi connectivity index (χ4v) is 3.30. The van der Waals surface area contributed by atoms with Crippen LogP contribution in [0.15, 0.2) is 42.6 Å². The topological polar surface area (TPSA) is 50.9 Å². The van der Waals surface area contributed by atoms with Gasteiger partial charge in [-0.1, -0.05) is 6.07 Å². The number of rotatable bonds is 3. The van der Waals surface area contributed by atoms with Crippen molar-refractivity contribution in [2.45, 2.75) is 13.0 Å². The molecule has 3 rings (SSSR count). The average molecular weight is 287 g/mol. The van der Waals surface area contributed by atoms with Crippen LogP contribution in [0.25, 0.3) is 10.1 Å². The van der Waals surface area contributed by atoms with Gasteiger partial charge in [0.05, 0.1) is 6.04 Å². The van der Waals surface area contributed by atoms with Crippen molar-refractivity contribution >= 4 is 21.4 Å². The van der Waals surface area contributed by atoms with Crippen LogP contribution in [0.2, 0.25) is 0 Å². The molecule has 1 unspecified atom stereocenters. The van der Waals surface area contributed by atoms with Crippen LogP contribution in [-0.4, -0.2) is 4.98 Å². The van der Waals surface area contributed by atoms with Crippen molar-refractivity contribution in [3.8, 4) is 0 Å². The van der Waals surface area contributed by atoms with Crippen LogP contribution in [0, 0.1) is 12.7 Å². The van der Waals surface area contributed by atoms with Crippen LogP contribution in [0.3, 0.4) is 0 Å². The summed E-state index contributed by atoms with van der Waals surface area (Å²) in [5, 5.41) is 0.894. The van der Waals surface area contributed by atoms with Gasteiger partial charge in [-0.25, -0.2) is 9.82 Å². The van der Waals surface area contributed by atoms with Crippen LogP contribution in [-0.2, 0) is 0 Å². The van der Waals surface area contributed by atoms with Gasteiger partial charge in [0.2, 0.25) is 0 Å². The summed E-state index contributed by atoms with van der Waals surface area (Å²) in [5.74, 6) is 5.46. The van der Waals surface area contributed by atoms with Crippen molar-refractivity contribution in [3.63, 3.8) is 0 Å². The van der Waals surface area contributed by atoms with E-state index < -0.39 is 0 Å². The molecule has 0 aliphatic rings. The van der Waals surface area contributed by atoms with Crippen molar-refractivity contribution < 1.29 is 4.39 Å². The second-order valence-corrected chi connectivity index (χ2v) is 5.78. The van der Waals surface area contributed by atoms with Crippen molar-refractivity contribution in [1.29, 1.82) is 0 Å². The number of hydrogen-bond donors (Lipinski definition) is 2. The summed E-state index contributed by atoms with van der Waals surface area (Å²) in [6, 6.07) is 10.6. The maximum absolute atomic E-state index is 13.3. The van der Waals surface area contributed by atoms with Gasteiger partial charge in [0.25, 0.3) is 0 Å². The molecule has 3 aromatic rings. The Morgan fingerprint density at radius 3 is 2.80 bits per heavy atom. The standard InChI is InChI=1S/C15H14FN3S/c1-9-2-3-10(8-18-9)15(19-17)14-7-11-6-12(16)4-5-13(11)20-14/h2-8,15,19H,17H2,1H3. The predicted molar refractivity (Wildman–Crippen MR) is 79.9 cm³/mol. The van der Waals surface area contributed by atoms with Crippen LogP contribution >= 0.6 is 11.3 Å². The third-order valence-electron chi connectivity index (χ3n) is 3.22. The fraction of sp³-hybridized carbons (Fsp3) is 0.133. The summed E-state index contributed by atoms with van der Waals surface area (Å²) in [4.78, 5) is 5.33. The van der Waals surface area contributed by atoms with Gasteiger partial charge in [-0.3, -0.25) is 10.8 Å². The van der Waals surface area contributed by atoms with Gasteiger partial charge in [-0.15, -0.1) is 11.3 Å². The highest BCUT2D eigenvalue weighted by Gasteiger charge is 2.16. The minimum atomic E-state index is -0.226. The van der Waals surface area contributed by atoms with Gasteiger partial charge in [0.1, 0.15) is 5.82 Å². The van der Waals surface area contributed by atoms with Crippen molar-refractivity contribution in [3.05, 3.63) is 64.5 Å². The number of nitrogens with zero attached hydrogens (tertiary/aromatic N) is 1. The first-order chi connectivity index (χ1) is 9.67. The number of thiophene rings is 1. The number of aromatic nitrogens is 1. The van der Waals surface area contributed by atoms with E-state index in [9.17, 15) is 4.39 Å². The van der Waals surface area contributed by atoms with E-state index in [0.717, 1.165) is 26.2 Å². The number of nitrogens with one attached hydrogen (secondary N) is 1. The third-order valence-corrected chi connectivity index (χ3v) is 4.40. The molecule has 3 N–H and O–H groups in total. The Hall–Kier alpha value is -1.82. The number of nitrogens with two attached hydrogens (primary N) is 1. The molecular weight excluding hydrogens is 273 g/mol. The van der Waals surface area contributed by atoms with E-state index in [4.69, 9.17) is 5.84 Å². The lowest BCUT2D eigenvalue weighted by molar-refractivity contribution is 0.629. The highest BCUT2D eigenvalue weighted by Crippen LogP contribution is 2.33. The van der Waals surface area contributed by atoms with Gasteiger partial charge in [0, 0.05) is 21.5 Å². The number of hydrogen-bond acceptors (Lipinski definition) is 4. The molecule has 5 heteroatoms. The monoisotopic (exact) mass is 287 g/mol. The second kappa shape index (κ2) is 5.28. The highest BCUT2D eigenvalue weighted by atomic mass is 32.1. The van der Waals surface area contributed by atoms with E-state index in [-0.39, 0.29) is 11.9 Å². The summed E-state index contributed by atoms with van der Waals surface area (Å²) in [6.07, 6.45) is 1.81. The fourth-order valence-electron chi connectivity index (χ4n) is 2.17. The molecule has 102 valence electrons. The minimum Gasteiger partial charge on any atom is -0.271 e. The molecule has 0 saturated carbocycles. The van der Waals surface area contributed by atoms with E-state index in [1.165, 1.54) is 12.1 Å². The summed E-state index contributed by atoms with van der Waals surface area (Å²) in [7, 11) is 0. The van der Waals surface area contributed by atoms with Gasteiger partial charge in [0.15, 0.2) is 0 Å². The molecule has 20 heavy (non-hydrogen) atoms. The Balaban J connectivity index is 2.04. The molecular formula is C15H14FN3S. The van der Waals surface area contributed by atoms with Gasteiger partial charge >= 0.3 is 0 Å². The summed E-state index contributed by atoms with van der Waals surface area (Å²) < 4.78 is 14.3. The van der Waals surface area contributed by atoms with Gasteiger partial charge in [-0.2, -0.15) is 0 Å². The molecule has 0 amide bonds. The van der Waals surface area contributed by atoms with Gasteiger partial charge in [-0.05, 0) is 48.2 Å². The Labute approximate surface area is 120 Å². The van der Waals surface area contributed by atoms with Crippen molar-refractivity contribution in [1.82, 2.24) is 10.4 Å². The Kier molecular flexibility index (Phi) is 3.48. The molecule has 2 heterocycles. The molecule has 2 aromatic heterocycles. The first-order valence-electron chi connectivity index (χ1n) is 6.25. The van der Waals surface area contributed by atoms with E-state index >= 15 is 0 Å². The number of pyridine rings is 1. The lowest BCUT2D eigenvalue weighted by atomic mass is 10.1. The maximum Gasteiger partial charge on any atom is 0.123 e. The number of halogens is 1. The van der Waals surface area contributed by atoms with Gasteiger partial charge < -0.3 is 0 Å². The largest absolute Gasteiger partial charge is 0.271 e. The smallest absolute Gasteiger partial charge is 0.123 e. The minimum absolute atomic E-state index is 0.136. The lowest BCUT2D eigenvalue weighted by Crippen LogP contribution is -2.28. The van der Waals surface area contributed by atoms with Crippen LogP contribution in [0.4, 0.5) is 4.39 Å². The van der Waals surface area contributed by atoms with E-state index in [1.54, 1.807) is 17.4 Å². The van der Waals surface area contributed by atoms with E-state index in [0.29, 0.717) is 0 Å². The number of benzene rings is 1. The Morgan fingerprint density at radius 2 is 2.10 bits per heavy atom. The summed E-state index contributed by atoms with van der Waals surface area (Å²) in [5.41, 5.74) is 4.76. The Bertz CT molecular complexity index is 736. The quantitative estimate of drug-likeness (QED) is 0.574. The molecule has 1 aromatic carbocycles. The zero-order valence-corrected chi connectivity index (χ0v) is 11.7. The number of hydrazine groups is 1. The molecule has 0 radical (unpaired) electrons. The zero-order valence-electron chi connectivity index (χ0n) is 10.9. The molecule has 3 nitrogen and oxygen atoms in total. The van der Waals surface area contributed by atoms with Crippen LogP contribution in [0.1, 0.15) is 22.2 Å². The van der Waals surface area contributed by atoms with E-state index in [1.807, 2.05) is 31.3 Å². The first kappa shape index (κ1) is 13.2. The maximum atomic E-state index is 13.3. The summed E-state index contributed by atoms with van der Waals surface area (Å²) in [6.45, 7) is 1.94. The zero-order chi connectivity index (χ0) is 14.1. The summed E-state index contributed by atoms with van der Waals surface area (Å²) >= 11 is 1.60. The average Bonchev–Trinajstić information content (AvgIpc) is 2.84. The van der Waals surface area contributed by atoms with Crippen LogP contribution in [0.5, 0.6) is 0 Å². The second-order valence-electron chi connectivity index (χ2n) is 4.66. The SMILES string of the molecule is Cc1ccc(C(NN)c2cc3cc(F)ccc3s2)cn1. The molecule has 0 aliphatic heterocycles. The van der Waals surface area contributed by atoms with Crippen molar-refractivity contribution in [2.24, 2.45) is 5.84 Å². The predicted octanol–water partition coefficient (Wildman–Crippen LogP) is 3.30.